The van der Waals surface area contributed by atoms with Crippen molar-refractivity contribution >= 4 is 11.6 Å². The van der Waals surface area contributed by atoms with Crippen molar-refractivity contribution < 1.29 is 4.79 Å². The van der Waals surface area contributed by atoms with Crippen LogP contribution in [0.15, 0.2) is 12.1 Å². The molecule has 0 saturated carbocycles. The van der Waals surface area contributed by atoms with Gasteiger partial charge in [-0.2, -0.15) is 5.26 Å². The lowest BCUT2D eigenvalue weighted by Crippen LogP contribution is -2.20. The van der Waals surface area contributed by atoms with Crippen LogP contribution in [-0.2, 0) is 11.2 Å². The maximum Gasteiger partial charge on any atom is 0.224 e. The molecule has 0 unspecified atom stereocenters. The third-order valence-corrected chi connectivity index (χ3v) is 2.37. The Hall–Kier alpha value is -1.82. The molecule has 0 saturated heterocycles. The predicted octanol–water partition coefficient (Wildman–Crippen LogP) is 1.75. The lowest BCUT2D eigenvalue weighted by atomic mass is 9.97. The fraction of sp³-hybridized carbons (Fsp3) is 0.273. The molecular formula is C11H10N2O. The van der Waals surface area contributed by atoms with Gasteiger partial charge in [0.25, 0.3) is 0 Å². The Morgan fingerprint density at radius 3 is 2.93 bits per heavy atom. The third-order valence-electron chi connectivity index (χ3n) is 2.37. The first kappa shape index (κ1) is 8.76. The van der Waals surface area contributed by atoms with Crippen molar-refractivity contribution in [1.82, 2.24) is 0 Å². The van der Waals surface area contributed by atoms with Crippen molar-refractivity contribution in [2.45, 2.75) is 19.8 Å². The largest absolute Gasteiger partial charge is 0.325 e. The number of rotatable bonds is 0. The van der Waals surface area contributed by atoms with Gasteiger partial charge in [0.15, 0.2) is 0 Å². The van der Waals surface area contributed by atoms with Crippen LogP contribution < -0.4 is 5.32 Å². The number of aryl methyl sites for hydroxylation is 2. The van der Waals surface area contributed by atoms with Crippen LogP contribution in [0.5, 0.6) is 0 Å². The Labute approximate surface area is 82.4 Å². The molecule has 14 heavy (non-hydrogen) atoms. The average molecular weight is 186 g/mol. The zero-order valence-electron chi connectivity index (χ0n) is 7.92. The van der Waals surface area contributed by atoms with Crippen molar-refractivity contribution in [1.29, 1.82) is 5.26 Å². The van der Waals surface area contributed by atoms with E-state index in [1.54, 1.807) is 6.07 Å². The third kappa shape index (κ3) is 1.35. The van der Waals surface area contributed by atoms with Gasteiger partial charge in [-0.1, -0.05) is 6.07 Å². The summed E-state index contributed by atoms with van der Waals surface area (Å²) in [6.07, 6.45) is 1.25. The molecule has 0 atom stereocenters. The number of nitrogens with zero attached hydrogens (tertiary/aromatic N) is 1. The minimum absolute atomic E-state index is 0.00199. The van der Waals surface area contributed by atoms with Crippen LogP contribution in [0.3, 0.4) is 0 Å². The summed E-state index contributed by atoms with van der Waals surface area (Å²) in [5.41, 5.74) is 3.40. The highest BCUT2D eigenvalue weighted by Gasteiger charge is 2.17. The van der Waals surface area contributed by atoms with Crippen LogP contribution in [0.25, 0.3) is 0 Å². The predicted molar refractivity (Wildman–Crippen MR) is 52.8 cm³/mol. The van der Waals surface area contributed by atoms with Gasteiger partial charge in [0.2, 0.25) is 5.91 Å². The molecule has 0 bridgehead atoms. The summed E-state index contributed by atoms with van der Waals surface area (Å²) >= 11 is 0. The van der Waals surface area contributed by atoms with E-state index in [1.807, 2.05) is 13.0 Å². The van der Waals surface area contributed by atoms with Gasteiger partial charge in [0.1, 0.15) is 6.07 Å². The Morgan fingerprint density at radius 1 is 1.43 bits per heavy atom. The minimum Gasteiger partial charge on any atom is -0.325 e. The molecule has 3 nitrogen and oxygen atoms in total. The van der Waals surface area contributed by atoms with Gasteiger partial charge in [-0.05, 0) is 30.5 Å². The monoisotopic (exact) mass is 186 g/mol. The molecule has 3 heteroatoms. The first-order valence-corrected chi connectivity index (χ1v) is 4.54. The van der Waals surface area contributed by atoms with E-state index in [4.69, 9.17) is 5.26 Å². The number of anilines is 1. The summed E-state index contributed by atoms with van der Waals surface area (Å²) in [5, 5.41) is 11.6. The van der Waals surface area contributed by atoms with Gasteiger partial charge in [-0.15, -0.1) is 0 Å². The lowest BCUT2D eigenvalue weighted by molar-refractivity contribution is -0.116. The standard InChI is InChI=1S/C11H10N2O/c1-7-4-8-2-3-10(14)13-11(8)9(5-7)6-12/h4-5H,2-3H2,1H3,(H,13,14). The fourth-order valence-corrected chi connectivity index (χ4v) is 1.74. The highest BCUT2D eigenvalue weighted by Crippen LogP contribution is 2.27. The van der Waals surface area contributed by atoms with E-state index in [1.165, 1.54) is 0 Å². The first-order chi connectivity index (χ1) is 6.70. The summed E-state index contributed by atoms with van der Waals surface area (Å²) in [5.74, 6) is -0.00199. The van der Waals surface area contributed by atoms with Gasteiger partial charge in [0.05, 0.1) is 11.3 Å². The topological polar surface area (TPSA) is 52.9 Å². The van der Waals surface area contributed by atoms with Gasteiger partial charge in [-0.3, -0.25) is 4.79 Å². The second-order valence-electron chi connectivity index (χ2n) is 3.51. The molecule has 0 aromatic heterocycles. The summed E-state index contributed by atoms with van der Waals surface area (Å²) in [4.78, 5) is 11.2. The molecule has 0 radical (unpaired) electrons. The molecule has 1 N–H and O–H groups in total. The van der Waals surface area contributed by atoms with E-state index < -0.39 is 0 Å². The van der Waals surface area contributed by atoms with Gasteiger partial charge in [0, 0.05) is 6.42 Å². The number of hydrogen-bond acceptors (Lipinski definition) is 2. The van der Waals surface area contributed by atoms with E-state index in [-0.39, 0.29) is 5.91 Å². The lowest BCUT2D eigenvalue weighted by Gasteiger charge is -2.18. The van der Waals surface area contributed by atoms with Crippen LogP contribution in [0.4, 0.5) is 5.69 Å². The minimum atomic E-state index is -0.00199. The van der Waals surface area contributed by atoms with Gasteiger partial charge >= 0.3 is 0 Å². The second-order valence-corrected chi connectivity index (χ2v) is 3.51. The maximum atomic E-state index is 11.2. The Bertz CT molecular complexity index is 443. The van der Waals surface area contributed by atoms with Crippen molar-refractivity contribution in [3.63, 3.8) is 0 Å². The Kier molecular flexibility index (Phi) is 1.97. The highest BCUT2D eigenvalue weighted by atomic mass is 16.1. The zero-order chi connectivity index (χ0) is 10.1. The molecule has 1 aromatic rings. The van der Waals surface area contributed by atoms with E-state index >= 15 is 0 Å². The molecule has 2 rings (SSSR count). The fourth-order valence-electron chi connectivity index (χ4n) is 1.74. The number of amides is 1. The maximum absolute atomic E-state index is 11.2. The van der Waals surface area contributed by atoms with Crippen LogP contribution in [0, 0.1) is 18.3 Å². The highest BCUT2D eigenvalue weighted by molar-refractivity contribution is 5.95. The molecule has 1 aliphatic heterocycles. The Morgan fingerprint density at radius 2 is 2.21 bits per heavy atom. The van der Waals surface area contributed by atoms with Gasteiger partial charge < -0.3 is 5.32 Å². The number of nitrogens with one attached hydrogen (secondary N) is 1. The average Bonchev–Trinajstić information content (AvgIpc) is 2.17. The molecule has 1 amide bonds. The van der Waals surface area contributed by atoms with Crippen LogP contribution in [0.1, 0.15) is 23.1 Å². The second kappa shape index (κ2) is 3.15. The number of nitriles is 1. The molecular weight excluding hydrogens is 176 g/mol. The number of benzene rings is 1. The molecule has 1 aromatic carbocycles. The molecule has 0 aliphatic carbocycles. The van der Waals surface area contributed by atoms with Crippen LogP contribution >= 0.6 is 0 Å². The van der Waals surface area contributed by atoms with E-state index in [9.17, 15) is 4.79 Å². The molecule has 70 valence electrons. The number of hydrogen-bond donors (Lipinski definition) is 1. The van der Waals surface area contributed by atoms with Gasteiger partial charge in [-0.25, -0.2) is 0 Å². The van der Waals surface area contributed by atoms with Crippen LogP contribution in [0.2, 0.25) is 0 Å². The summed E-state index contributed by atoms with van der Waals surface area (Å²) < 4.78 is 0. The van der Waals surface area contributed by atoms with Crippen molar-refractivity contribution in [2.24, 2.45) is 0 Å². The van der Waals surface area contributed by atoms with Crippen molar-refractivity contribution in [3.8, 4) is 6.07 Å². The summed E-state index contributed by atoms with van der Waals surface area (Å²) in [7, 11) is 0. The van der Waals surface area contributed by atoms with Crippen molar-refractivity contribution in [3.05, 3.63) is 28.8 Å². The van der Waals surface area contributed by atoms with E-state index in [0.717, 1.165) is 17.5 Å². The zero-order valence-corrected chi connectivity index (χ0v) is 7.92. The van der Waals surface area contributed by atoms with Crippen molar-refractivity contribution in [2.75, 3.05) is 5.32 Å². The SMILES string of the molecule is Cc1cc(C#N)c2c(c1)CCC(=O)N2. The van der Waals surface area contributed by atoms with Crippen LogP contribution in [-0.4, -0.2) is 5.91 Å². The number of fused-ring (bicyclic) bond motifs is 1. The molecule has 0 fully saturated rings. The molecule has 1 aliphatic rings. The smallest absolute Gasteiger partial charge is 0.224 e. The quantitative estimate of drug-likeness (QED) is 0.671. The summed E-state index contributed by atoms with van der Waals surface area (Å²) in [6.45, 7) is 1.96. The Balaban J connectivity index is 2.59. The number of carbonyl (C=O) groups excluding carboxylic acids is 1. The normalized spacial score (nSPS) is 14.1. The van der Waals surface area contributed by atoms with E-state index in [0.29, 0.717) is 17.7 Å². The number of carbonyl (C=O) groups is 1. The molecule has 0 spiro atoms. The summed E-state index contributed by atoms with van der Waals surface area (Å²) in [6, 6.07) is 5.92. The first-order valence-electron chi connectivity index (χ1n) is 4.54. The van der Waals surface area contributed by atoms with E-state index in [2.05, 4.69) is 11.4 Å². The molecule has 1 heterocycles.